The van der Waals surface area contributed by atoms with Crippen molar-refractivity contribution >= 4 is 17.9 Å². The zero-order chi connectivity index (χ0) is 34.4. The van der Waals surface area contributed by atoms with Crippen molar-refractivity contribution in [1.29, 1.82) is 0 Å². The van der Waals surface area contributed by atoms with Crippen molar-refractivity contribution in [3.63, 3.8) is 0 Å². The zero-order valence-corrected chi connectivity index (χ0v) is 27.5. The number of carbonyl (C=O) groups excluding carboxylic acids is 3. The maximum absolute atomic E-state index is 12.1. The minimum atomic E-state index is -0.412. The summed E-state index contributed by atoms with van der Waals surface area (Å²) in [6, 6.07) is 26.9. The Hall–Kier alpha value is -4.54. The van der Waals surface area contributed by atoms with Crippen LogP contribution in [0.15, 0.2) is 98.1 Å². The van der Waals surface area contributed by atoms with Gasteiger partial charge in [0.1, 0.15) is 5.75 Å². The van der Waals surface area contributed by atoms with E-state index in [1.807, 2.05) is 24.3 Å². The summed E-state index contributed by atoms with van der Waals surface area (Å²) in [4.78, 5) is 33.7. The van der Waals surface area contributed by atoms with Gasteiger partial charge in [-0.25, -0.2) is 14.4 Å². The van der Waals surface area contributed by atoms with Gasteiger partial charge in [-0.2, -0.15) is 36.4 Å². The number of carbonyl (C=O) groups is 3. The molecule has 3 aromatic carbocycles. The van der Waals surface area contributed by atoms with Gasteiger partial charge >= 0.3 is 37.4 Å². The Morgan fingerprint density at radius 1 is 0.553 bits per heavy atom. The van der Waals surface area contributed by atoms with E-state index in [1.165, 1.54) is 12.2 Å². The van der Waals surface area contributed by atoms with Crippen molar-refractivity contribution in [1.82, 2.24) is 0 Å². The molecule has 0 bridgehead atoms. The van der Waals surface area contributed by atoms with E-state index < -0.39 is 5.97 Å². The summed E-state index contributed by atoms with van der Waals surface area (Å²) in [7, 11) is 0. The molecule has 3 rings (SSSR count). The number of unbranched alkanes of at least 4 members (excludes halogenated alkanes) is 6. The summed E-state index contributed by atoms with van der Waals surface area (Å²) in [5.41, 5.74) is 0.462. The first-order chi connectivity index (χ1) is 23.0. The van der Waals surface area contributed by atoms with Crippen molar-refractivity contribution in [3.05, 3.63) is 116 Å². The third-order valence-electron chi connectivity index (χ3n) is 6.11. The van der Waals surface area contributed by atoms with E-state index in [4.69, 9.17) is 27.6 Å². The van der Waals surface area contributed by atoms with Crippen molar-refractivity contribution < 1.29 is 57.6 Å². The Kier molecular flexibility index (Phi) is 23.9. The summed E-state index contributed by atoms with van der Waals surface area (Å²) in [5, 5.41) is 0. The zero-order valence-electron chi connectivity index (χ0n) is 26.5. The van der Waals surface area contributed by atoms with Gasteiger partial charge in [0, 0.05) is 23.7 Å². The third kappa shape index (κ3) is 21.0. The van der Waals surface area contributed by atoms with Gasteiger partial charge in [-0.3, -0.25) is 0 Å². The summed E-state index contributed by atoms with van der Waals surface area (Å²) >= 11 is 2.31. The van der Waals surface area contributed by atoms with Crippen LogP contribution in [0.2, 0.25) is 0 Å². The fraction of sp³-hybridized carbons (Fsp3) is 0.324. The normalized spacial score (nSPS) is 9.64. The van der Waals surface area contributed by atoms with Gasteiger partial charge in [0.2, 0.25) is 0 Å². The van der Waals surface area contributed by atoms with Crippen LogP contribution in [0.1, 0.15) is 61.7 Å². The predicted molar refractivity (Wildman–Crippen MR) is 173 cm³/mol. The second kappa shape index (κ2) is 27.7. The topological polar surface area (TPSA) is 114 Å². The molecule has 255 valence electrons. The minimum absolute atomic E-state index is 0.348. The third-order valence-corrected chi connectivity index (χ3v) is 6.11. The molecule has 3 aromatic rings. The molecule has 0 unspecified atom stereocenters. The standard InChI is InChI=1S/C22H23O5.C15H19O3.Co.O/c1-2-21(23)26-17-9-4-3-8-16-25-19-14-12-18(13-15-19)22(24)27-20-10-6-5-7-11-20;1-2-15(16)18-13-9-4-3-8-12-17-14-10-6-5-7-11-14;;/h2,6-7,10-15H,1,3-4,8-9,16-17H2;2,6-7,10-11H,1,3-4,8-9,12-13H2;;/q2*-1;;. The first-order valence-electron chi connectivity index (χ1n) is 15.2. The molecule has 0 saturated carbocycles. The molecular weight excluding hydrogens is 647 g/mol. The van der Waals surface area contributed by atoms with Crippen LogP contribution < -0.4 is 14.2 Å². The summed E-state index contributed by atoms with van der Waals surface area (Å²) in [6.45, 7) is 8.89. The number of hydrogen-bond donors (Lipinski definition) is 0. The molecule has 47 heavy (non-hydrogen) atoms. The second-order valence-electron chi connectivity index (χ2n) is 9.65. The molecule has 0 atom stereocenters. The van der Waals surface area contributed by atoms with Gasteiger partial charge < -0.3 is 23.7 Å². The quantitative estimate of drug-likeness (QED) is 0.0393. The van der Waals surface area contributed by atoms with Gasteiger partial charge in [-0.1, -0.05) is 13.2 Å². The maximum atomic E-state index is 12.1. The molecular formula is C37H42CoO9-2. The second-order valence-corrected chi connectivity index (χ2v) is 9.65. The summed E-state index contributed by atoms with van der Waals surface area (Å²) < 4.78 is 34.2. The van der Waals surface area contributed by atoms with Crippen LogP contribution in [0.25, 0.3) is 0 Å². The van der Waals surface area contributed by atoms with Crippen LogP contribution in [-0.4, -0.2) is 44.3 Å². The molecule has 0 N–H and O–H groups in total. The number of benzene rings is 3. The fourth-order valence-corrected chi connectivity index (χ4v) is 3.72. The van der Waals surface area contributed by atoms with Crippen LogP contribution in [-0.2, 0) is 38.6 Å². The molecule has 0 radical (unpaired) electrons. The van der Waals surface area contributed by atoms with Gasteiger partial charge in [-0.15, -0.1) is 24.3 Å². The van der Waals surface area contributed by atoms with E-state index in [1.54, 1.807) is 48.5 Å². The Bertz CT molecular complexity index is 1280. The van der Waals surface area contributed by atoms with Gasteiger partial charge in [0.05, 0.1) is 32.0 Å². The van der Waals surface area contributed by atoms with Crippen molar-refractivity contribution in [2.45, 2.75) is 51.4 Å². The molecule has 0 saturated heterocycles. The van der Waals surface area contributed by atoms with Crippen LogP contribution >= 0.6 is 0 Å². The van der Waals surface area contributed by atoms with Crippen LogP contribution in [0, 0.1) is 12.1 Å². The van der Waals surface area contributed by atoms with Crippen molar-refractivity contribution in [2.24, 2.45) is 0 Å². The van der Waals surface area contributed by atoms with Crippen molar-refractivity contribution in [3.8, 4) is 17.2 Å². The van der Waals surface area contributed by atoms with Gasteiger partial charge in [0.15, 0.2) is 0 Å². The fourth-order valence-electron chi connectivity index (χ4n) is 3.72. The van der Waals surface area contributed by atoms with Crippen molar-refractivity contribution in [2.75, 3.05) is 26.4 Å². The Balaban J connectivity index is 0.000000480. The molecule has 10 heteroatoms. The molecule has 0 fully saturated rings. The predicted octanol–water partition coefficient (Wildman–Crippen LogP) is 7.41. The molecule has 0 aromatic heterocycles. The number of hydrogen-bond acceptors (Lipinski definition) is 9. The Morgan fingerprint density at radius 3 is 1.36 bits per heavy atom. The molecule has 0 amide bonds. The first-order valence-corrected chi connectivity index (χ1v) is 15.7. The number of esters is 3. The van der Waals surface area contributed by atoms with Gasteiger partial charge in [0.25, 0.3) is 0 Å². The average molecular weight is 690 g/mol. The van der Waals surface area contributed by atoms with Crippen LogP contribution in [0.3, 0.4) is 0 Å². The number of rotatable bonds is 20. The monoisotopic (exact) mass is 689 g/mol. The van der Waals surface area contributed by atoms with Crippen LogP contribution in [0.5, 0.6) is 17.2 Å². The Morgan fingerprint density at radius 2 is 0.936 bits per heavy atom. The van der Waals surface area contributed by atoms with Crippen LogP contribution in [0.4, 0.5) is 0 Å². The van der Waals surface area contributed by atoms with E-state index in [9.17, 15) is 14.4 Å². The van der Waals surface area contributed by atoms with E-state index in [0.717, 1.165) is 63.7 Å². The molecule has 9 nitrogen and oxygen atoms in total. The summed E-state index contributed by atoms with van der Waals surface area (Å²) in [5.74, 6) is 0.935. The molecule has 0 heterocycles. The number of ether oxygens (including phenoxy) is 5. The first kappa shape index (κ1) is 40.5. The molecule has 0 aliphatic rings. The van der Waals surface area contributed by atoms with E-state index in [-0.39, 0.29) is 11.9 Å². The molecule has 0 spiro atoms. The Labute approximate surface area is 285 Å². The summed E-state index contributed by atoms with van der Waals surface area (Å²) in [6.07, 6.45) is 10.1. The van der Waals surface area contributed by atoms with E-state index in [2.05, 4.69) is 41.0 Å². The molecule has 0 aliphatic carbocycles. The SMILES string of the molecule is C=CC(=O)OCCCCCCOc1cc[c-]cc1.C=CC(=O)OCCCCCCOc1ccc(C(=O)Oc2cc[c-]cc2)cc1.[O]=[Co]. The van der Waals surface area contributed by atoms with Gasteiger partial charge in [-0.05, 0) is 75.6 Å². The average Bonchev–Trinajstić information content (AvgIpc) is 3.12. The van der Waals surface area contributed by atoms with E-state index >= 15 is 0 Å². The van der Waals surface area contributed by atoms with E-state index in [0.29, 0.717) is 36.9 Å². The molecule has 0 aliphatic heterocycles.